The van der Waals surface area contributed by atoms with Crippen LogP contribution in [0.5, 0.6) is 0 Å². The third-order valence-corrected chi connectivity index (χ3v) is 16.1. The van der Waals surface area contributed by atoms with Gasteiger partial charge in [-0.3, -0.25) is 0 Å². The van der Waals surface area contributed by atoms with Crippen LogP contribution in [-0.2, 0) is 27.1 Å². The van der Waals surface area contributed by atoms with Crippen LogP contribution in [0.2, 0.25) is 0 Å². The first kappa shape index (κ1) is 47.4. The highest BCUT2D eigenvalue weighted by atomic mass is 16.3. The standard InChI is InChI=1S/C71H68N2O/c1-67(2,3)45-25-33-49(34-26-45)72(50-35-27-46(28-36-50)68(4,5)6)53-41-58-62(71(44-53)60-22-16-13-19-54(60)55-20-14-17-23-61(55)71)42-59-63(43-57-56-21-15-18-24-64(56)74-66(57)65(58)59)73(51-37-29-47(30-38-51)69(7,8)9)52-39-31-48(32-40-52)70(10,11)12/h13-44H,1-12H3. The lowest BCUT2D eigenvalue weighted by Crippen LogP contribution is -2.31. The molecule has 0 amide bonds. The minimum Gasteiger partial charge on any atom is -0.455 e. The Hall–Kier alpha value is -7.62. The van der Waals surface area contributed by atoms with Crippen molar-refractivity contribution in [2.45, 2.75) is 110 Å². The van der Waals surface area contributed by atoms with E-state index < -0.39 is 5.41 Å². The van der Waals surface area contributed by atoms with Gasteiger partial charge < -0.3 is 14.2 Å². The van der Waals surface area contributed by atoms with E-state index in [9.17, 15) is 0 Å². The average molecular weight is 965 g/mol. The van der Waals surface area contributed by atoms with Gasteiger partial charge in [0.05, 0.1) is 11.1 Å². The second-order valence-corrected chi connectivity index (χ2v) is 25.1. The normalized spacial score (nSPS) is 14.8. The van der Waals surface area contributed by atoms with Crippen molar-refractivity contribution in [1.29, 1.82) is 0 Å². The molecular weight excluding hydrogens is 897 g/mol. The molecule has 0 atom stereocenters. The smallest absolute Gasteiger partial charge is 0.144 e. The predicted molar refractivity (Wildman–Crippen MR) is 315 cm³/mol. The van der Waals surface area contributed by atoms with Gasteiger partial charge >= 0.3 is 0 Å². The number of nitrogens with zero attached hydrogens (tertiary/aromatic N) is 2. The molecule has 0 radical (unpaired) electrons. The van der Waals surface area contributed by atoms with E-state index in [1.807, 2.05) is 0 Å². The highest BCUT2D eigenvalue weighted by Crippen LogP contribution is 2.63. The SMILES string of the molecule is CC(C)(C)c1ccc(N(C2=CC3(C4=Cc5c(N(c6ccc(C(C)(C)C)cc6)c6ccc(C(C)(C)C)cc6)cc6c(oc7ccccc76)c5C4=C2)c2ccccc2-c2ccccc23)c2ccc(C(C)(C)C)cc2)cc1. The molecule has 0 saturated carbocycles. The molecule has 1 spiro atoms. The van der Waals surface area contributed by atoms with Gasteiger partial charge in [-0.1, -0.05) is 198 Å². The lowest BCUT2D eigenvalue weighted by atomic mass is 9.67. The summed E-state index contributed by atoms with van der Waals surface area (Å²) in [4.78, 5) is 4.98. The third-order valence-electron chi connectivity index (χ3n) is 16.1. The molecule has 3 aliphatic rings. The van der Waals surface area contributed by atoms with E-state index in [4.69, 9.17) is 4.42 Å². The first-order valence-electron chi connectivity index (χ1n) is 26.6. The summed E-state index contributed by atoms with van der Waals surface area (Å²) in [6.07, 6.45) is 7.58. The van der Waals surface area contributed by atoms with Crippen molar-refractivity contribution >= 4 is 62.0 Å². The van der Waals surface area contributed by atoms with E-state index in [-0.39, 0.29) is 21.7 Å². The minimum atomic E-state index is -0.663. The van der Waals surface area contributed by atoms with Gasteiger partial charge in [0.1, 0.15) is 11.2 Å². The Labute approximate surface area is 439 Å². The maximum absolute atomic E-state index is 7.22. The van der Waals surface area contributed by atoms with Crippen molar-refractivity contribution in [2.75, 3.05) is 9.80 Å². The average Bonchev–Trinajstić information content (AvgIpc) is 4.04. The van der Waals surface area contributed by atoms with E-state index >= 15 is 0 Å². The summed E-state index contributed by atoms with van der Waals surface area (Å²) in [7, 11) is 0. The van der Waals surface area contributed by atoms with Gasteiger partial charge in [0.25, 0.3) is 0 Å². The number of rotatable bonds is 6. The molecule has 8 aromatic carbocycles. The zero-order valence-electron chi connectivity index (χ0n) is 45.3. The van der Waals surface area contributed by atoms with Gasteiger partial charge in [-0.15, -0.1) is 0 Å². The largest absolute Gasteiger partial charge is 0.455 e. The molecule has 0 N–H and O–H groups in total. The van der Waals surface area contributed by atoms with Crippen LogP contribution in [0.1, 0.15) is 128 Å². The second kappa shape index (κ2) is 16.7. The van der Waals surface area contributed by atoms with E-state index in [1.54, 1.807) is 0 Å². The third kappa shape index (κ3) is 7.61. The molecule has 0 saturated heterocycles. The lowest BCUT2D eigenvalue weighted by Gasteiger charge is -2.39. The predicted octanol–water partition coefficient (Wildman–Crippen LogP) is 19.7. The molecule has 1 heterocycles. The molecule has 74 heavy (non-hydrogen) atoms. The van der Waals surface area contributed by atoms with Crippen LogP contribution >= 0.6 is 0 Å². The minimum absolute atomic E-state index is 0.00417. The first-order chi connectivity index (χ1) is 35.2. The second-order valence-electron chi connectivity index (χ2n) is 25.1. The number of furan rings is 1. The van der Waals surface area contributed by atoms with Crippen LogP contribution < -0.4 is 9.80 Å². The van der Waals surface area contributed by atoms with Gasteiger partial charge in [0, 0.05) is 50.3 Å². The summed E-state index contributed by atoms with van der Waals surface area (Å²) >= 11 is 0. The van der Waals surface area contributed by atoms with Crippen molar-refractivity contribution in [3.63, 3.8) is 0 Å². The summed E-state index contributed by atoms with van der Waals surface area (Å²) in [5, 5.41) is 2.20. The molecule has 0 bridgehead atoms. The summed E-state index contributed by atoms with van der Waals surface area (Å²) in [5.74, 6) is 0. The lowest BCUT2D eigenvalue weighted by molar-refractivity contribution is 0.590. The maximum atomic E-state index is 7.22. The Morgan fingerprint density at radius 3 is 1.26 bits per heavy atom. The molecule has 12 rings (SSSR count). The summed E-state index contributed by atoms with van der Waals surface area (Å²) in [5.41, 5.74) is 22.7. The Bertz CT molecular complexity index is 3610. The molecule has 9 aromatic rings. The summed E-state index contributed by atoms with van der Waals surface area (Å²) in [6.45, 7) is 27.5. The van der Waals surface area contributed by atoms with Crippen LogP contribution in [0.25, 0.3) is 44.7 Å². The molecule has 0 fully saturated rings. The zero-order valence-corrected chi connectivity index (χ0v) is 45.3. The fourth-order valence-electron chi connectivity index (χ4n) is 11.9. The Kier molecular flexibility index (Phi) is 10.7. The van der Waals surface area contributed by atoms with Gasteiger partial charge in [0.2, 0.25) is 0 Å². The van der Waals surface area contributed by atoms with E-state index in [2.05, 4.69) is 287 Å². The first-order valence-corrected chi connectivity index (χ1v) is 26.6. The fraction of sp³-hybridized carbons (Fsp3) is 0.239. The Morgan fingerprint density at radius 1 is 0.405 bits per heavy atom. The topological polar surface area (TPSA) is 19.6 Å². The Morgan fingerprint density at radius 2 is 0.811 bits per heavy atom. The van der Waals surface area contributed by atoms with Crippen molar-refractivity contribution in [2.24, 2.45) is 0 Å². The number of hydrogen-bond acceptors (Lipinski definition) is 3. The monoisotopic (exact) mass is 965 g/mol. The van der Waals surface area contributed by atoms with Crippen LogP contribution in [-0.4, -0.2) is 0 Å². The number of para-hydroxylation sites is 1. The zero-order chi connectivity index (χ0) is 51.7. The molecule has 368 valence electrons. The molecular formula is C71H68N2O. The van der Waals surface area contributed by atoms with Crippen LogP contribution in [0, 0.1) is 0 Å². The number of fused-ring (bicyclic) bond motifs is 13. The van der Waals surface area contributed by atoms with E-state index in [1.165, 1.54) is 55.7 Å². The Balaban J connectivity index is 1.19. The maximum Gasteiger partial charge on any atom is 0.144 e. The van der Waals surface area contributed by atoms with Gasteiger partial charge in [0.15, 0.2) is 0 Å². The number of anilines is 5. The van der Waals surface area contributed by atoms with Crippen molar-refractivity contribution in [3.8, 4) is 11.1 Å². The number of allylic oxidation sites excluding steroid dienone is 4. The van der Waals surface area contributed by atoms with Gasteiger partial charge in [-0.05, 0) is 156 Å². The van der Waals surface area contributed by atoms with Crippen LogP contribution in [0.4, 0.5) is 28.4 Å². The summed E-state index contributed by atoms with van der Waals surface area (Å²) in [6, 6.07) is 66.2. The number of benzene rings is 8. The highest BCUT2D eigenvalue weighted by Gasteiger charge is 2.50. The molecule has 3 nitrogen and oxygen atoms in total. The molecule has 3 heteroatoms. The highest BCUT2D eigenvalue weighted by molar-refractivity contribution is 6.18. The van der Waals surface area contributed by atoms with Gasteiger partial charge in [-0.25, -0.2) is 0 Å². The van der Waals surface area contributed by atoms with E-state index in [0.717, 1.165) is 67.2 Å². The van der Waals surface area contributed by atoms with Crippen molar-refractivity contribution in [3.05, 3.63) is 244 Å². The van der Waals surface area contributed by atoms with Gasteiger partial charge in [-0.2, -0.15) is 0 Å². The number of hydrogen-bond donors (Lipinski definition) is 0. The molecule has 0 aliphatic heterocycles. The molecule has 0 unspecified atom stereocenters. The summed E-state index contributed by atoms with van der Waals surface area (Å²) < 4.78 is 7.22. The van der Waals surface area contributed by atoms with Crippen LogP contribution in [0.15, 0.2) is 204 Å². The fourth-order valence-corrected chi connectivity index (χ4v) is 11.9. The molecule has 1 aromatic heterocycles. The molecule has 3 aliphatic carbocycles. The quantitative estimate of drug-likeness (QED) is 0.166. The van der Waals surface area contributed by atoms with Crippen molar-refractivity contribution < 1.29 is 4.42 Å². The van der Waals surface area contributed by atoms with E-state index in [0.29, 0.717) is 0 Å². The van der Waals surface area contributed by atoms with Crippen LogP contribution in [0.3, 0.4) is 0 Å². The van der Waals surface area contributed by atoms with Crippen molar-refractivity contribution in [1.82, 2.24) is 0 Å².